The third-order valence-corrected chi connectivity index (χ3v) is 4.71. The van der Waals surface area contributed by atoms with Gasteiger partial charge in [-0.2, -0.15) is 5.26 Å². The maximum absolute atomic E-state index is 11.7. The number of halogens is 1. The number of hydrogen-bond donors (Lipinski definition) is 1. The van der Waals surface area contributed by atoms with Crippen molar-refractivity contribution in [1.29, 1.82) is 5.26 Å². The van der Waals surface area contributed by atoms with Gasteiger partial charge in [-0.3, -0.25) is 5.32 Å². The highest BCUT2D eigenvalue weighted by molar-refractivity contribution is 6.18. The number of anilines is 1. The van der Waals surface area contributed by atoms with Gasteiger partial charge in [0.25, 0.3) is 0 Å². The van der Waals surface area contributed by atoms with Gasteiger partial charge in [0.05, 0.1) is 28.8 Å². The van der Waals surface area contributed by atoms with Crippen molar-refractivity contribution in [3.05, 3.63) is 48.0 Å². The van der Waals surface area contributed by atoms with E-state index < -0.39 is 6.09 Å². The minimum Gasteiger partial charge on any atom is -0.491 e. The van der Waals surface area contributed by atoms with Crippen LogP contribution in [0, 0.1) is 11.3 Å². The lowest BCUT2D eigenvalue weighted by atomic mass is 10.1. The van der Waals surface area contributed by atoms with Crippen LogP contribution in [-0.4, -0.2) is 29.3 Å². The van der Waals surface area contributed by atoms with E-state index in [9.17, 15) is 10.1 Å². The number of fused-ring (bicyclic) bond motifs is 1. The number of carbonyl (C=O) groups is 1. The summed E-state index contributed by atoms with van der Waals surface area (Å²) < 4.78 is 12.9. The molecule has 0 aliphatic rings. The Morgan fingerprint density at radius 1 is 1.23 bits per heavy atom. The molecule has 0 fully saturated rings. The Balaban J connectivity index is 2.00. The number of rotatable bonds is 7. The number of carbonyl (C=O) groups excluding carboxylic acids is 1. The summed E-state index contributed by atoms with van der Waals surface area (Å²) in [6.07, 6.45) is -0.486. The summed E-state index contributed by atoms with van der Waals surface area (Å²) >= 11 is 5.52. The Morgan fingerprint density at radius 3 is 2.57 bits per heavy atom. The SMILES string of the molecule is CCn1c(-c2ccc(NC(=O)OCCCl)cc2)c(C#N)c2ccc(OC(C)C)cc21. The second-order valence-corrected chi connectivity index (χ2v) is 7.33. The summed E-state index contributed by atoms with van der Waals surface area (Å²) in [4.78, 5) is 11.7. The first kappa shape index (κ1) is 21.5. The van der Waals surface area contributed by atoms with Gasteiger partial charge in [-0.15, -0.1) is 11.6 Å². The predicted octanol–water partition coefficient (Wildman–Crippen LogP) is 5.77. The van der Waals surface area contributed by atoms with Crippen LogP contribution in [0.1, 0.15) is 26.3 Å². The zero-order valence-electron chi connectivity index (χ0n) is 17.2. The normalized spacial score (nSPS) is 10.8. The highest BCUT2D eigenvalue weighted by Crippen LogP contribution is 2.35. The fraction of sp³-hybridized carbons (Fsp3) is 0.304. The topological polar surface area (TPSA) is 76.3 Å². The van der Waals surface area contributed by atoms with Gasteiger partial charge in [0.2, 0.25) is 0 Å². The Hall–Kier alpha value is -3.17. The number of nitrogens with one attached hydrogen (secondary N) is 1. The Morgan fingerprint density at radius 2 is 1.97 bits per heavy atom. The van der Waals surface area contributed by atoms with Crippen LogP contribution in [0.4, 0.5) is 10.5 Å². The molecule has 156 valence electrons. The van der Waals surface area contributed by atoms with E-state index in [0.717, 1.165) is 27.9 Å². The van der Waals surface area contributed by atoms with Crippen LogP contribution in [0.25, 0.3) is 22.2 Å². The molecular formula is C23H24ClN3O3. The van der Waals surface area contributed by atoms with Gasteiger partial charge in [-0.05, 0) is 50.6 Å². The van der Waals surface area contributed by atoms with Crippen molar-refractivity contribution in [2.45, 2.75) is 33.4 Å². The van der Waals surface area contributed by atoms with Crippen LogP contribution in [0.2, 0.25) is 0 Å². The van der Waals surface area contributed by atoms with Gasteiger partial charge in [0.1, 0.15) is 18.4 Å². The number of ether oxygens (including phenoxy) is 2. The number of aryl methyl sites for hydroxylation is 1. The molecule has 0 bridgehead atoms. The van der Waals surface area contributed by atoms with Gasteiger partial charge >= 0.3 is 6.09 Å². The highest BCUT2D eigenvalue weighted by atomic mass is 35.5. The van der Waals surface area contributed by atoms with E-state index in [-0.39, 0.29) is 18.6 Å². The molecule has 0 saturated carbocycles. The van der Waals surface area contributed by atoms with Gasteiger partial charge in [-0.25, -0.2) is 4.79 Å². The predicted molar refractivity (Wildman–Crippen MR) is 119 cm³/mol. The second kappa shape index (κ2) is 9.55. The molecule has 1 N–H and O–H groups in total. The van der Waals surface area contributed by atoms with E-state index in [0.29, 0.717) is 17.8 Å². The highest BCUT2D eigenvalue weighted by Gasteiger charge is 2.19. The number of aromatic nitrogens is 1. The van der Waals surface area contributed by atoms with Crippen molar-refractivity contribution in [3.63, 3.8) is 0 Å². The minimum absolute atomic E-state index is 0.0681. The van der Waals surface area contributed by atoms with Crippen LogP contribution in [0.3, 0.4) is 0 Å². The number of hydrogen-bond acceptors (Lipinski definition) is 4. The van der Waals surface area contributed by atoms with Crippen molar-refractivity contribution in [1.82, 2.24) is 4.57 Å². The molecule has 0 atom stereocenters. The van der Waals surface area contributed by atoms with Gasteiger partial charge in [-0.1, -0.05) is 12.1 Å². The van der Waals surface area contributed by atoms with Crippen LogP contribution in [-0.2, 0) is 11.3 Å². The van der Waals surface area contributed by atoms with Crippen LogP contribution in [0.15, 0.2) is 42.5 Å². The van der Waals surface area contributed by atoms with E-state index in [2.05, 4.69) is 16.0 Å². The van der Waals surface area contributed by atoms with E-state index in [1.54, 1.807) is 12.1 Å². The third-order valence-electron chi connectivity index (χ3n) is 4.55. The maximum atomic E-state index is 11.7. The molecule has 1 amide bonds. The molecular weight excluding hydrogens is 402 g/mol. The van der Waals surface area contributed by atoms with Gasteiger partial charge < -0.3 is 14.0 Å². The maximum Gasteiger partial charge on any atom is 0.411 e. The summed E-state index contributed by atoms with van der Waals surface area (Å²) in [5.41, 5.74) is 3.89. The van der Waals surface area contributed by atoms with E-state index in [1.807, 2.05) is 51.1 Å². The molecule has 0 spiro atoms. The fourth-order valence-electron chi connectivity index (χ4n) is 3.41. The molecule has 0 saturated heterocycles. The van der Waals surface area contributed by atoms with Gasteiger partial charge in [0, 0.05) is 23.7 Å². The molecule has 2 aromatic carbocycles. The first-order valence-corrected chi connectivity index (χ1v) is 10.3. The Kier molecular flexibility index (Phi) is 6.86. The smallest absolute Gasteiger partial charge is 0.411 e. The molecule has 7 heteroatoms. The summed E-state index contributed by atoms with van der Waals surface area (Å²) in [6, 6.07) is 15.5. The fourth-order valence-corrected chi connectivity index (χ4v) is 3.49. The summed E-state index contributed by atoms with van der Waals surface area (Å²) in [6.45, 7) is 6.86. The molecule has 0 aliphatic heterocycles. The van der Waals surface area contributed by atoms with Crippen LogP contribution in [0.5, 0.6) is 5.75 Å². The largest absolute Gasteiger partial charge is 0.491 e. The molecule has 0 radical (unpaired) electrons. The van der Waals surface area contributed by atoms with E-state index >= 15 is 0 Å². The van der Waals surface area contributed by atoms with Crippen LogP contribution < -0.4 is 10.1 Å². The third kappa shape index (κ3) is 4.52. The molecule has 1 heterocycles. The van der Waals surface area contributed by atoms with Crippen molar-refractivity contribution in [2.75, 3.05) is 17.8 Å². The quantitative estimate of drug-likeness (QED) is 0.487. The number of alkyl halides is 1. The zero-order valence-corrected chi connectivity index (χ0v) is 18.0. The minimum atomic E-state index is -0.554. The Bertz CT molecular complexity index is 1080. The first-order valence-electron chi connectivity index (χ1n) is 9.81. The van der Waals surface area contributed by atoms with Crippen molar-refractivity contribution in [3.8, 4) is 23.1 Å². The standard InChI is InChI=1S/C23H24ClN3O3/c1-4-27-21-13-18(30-15(2)3)9-10-19(21)20(14-25)22(27)16-5-7-17(8-6-16)26-23(28)29-12-11-24/h5-10,13,15H,4,11-12H2,1-3H3,(H,26,28). The number of amides is 1. The molecule has 1 aromatic heterocycles. The second-order valence-electron chi connectivity index (χ2n) is 6.95. The lowest BCUT2D eigenvalue weighted by Gasteiger charge is -2.12. The Labute approximate surface area is 181 Å². The molecule has 3 aromatic rings. The zero-order chi connectivity index (χ0) is 21.7. The van der Waals surface area contributed by atoms with E-state index in [1.165, 1.54) is 0 Å². The van der Waals surface area contributed by atoms with Crippen molar-refractivity contribution in [2.24, 2.45) is 0 Å². The molecule has 6 nitrogen and oxygen atoms in total. The van der Waals surface area contributed by atoms with E-state index in [4.69, 9.17) is 21.1 Å². The number of benzene rings is 2. The molecule has 30 heavy (non-hydrogen) atoms. The average molecular weight is 426 g/mol. The summed E-state index contributed by atoms with van der Waals surface area (Å²) in [7, 11) is 0. The van der Waals surface area contributed by atoms with Gasteiger partial charge in [0.15, 0.2) is 0 Å². The molecule has 0 aliphatic carbocycles. The lowest BCUT2D eigenvalue weighted by Crippen LogP contribution is -2.14. The summed E-state index contributed by atoms with van der Waals surface area (Å²) in [5, 5.41) is 13.4. The first-order chi connectivity index (χ1) is 14.5. The van der Waals surface area contributed by atoms with Crippen molar-refractivity contribution < 1.29 is 14.3 Å². The molecule has 3 rings (SSSR count). The lowest BCUT2D eigenvalue weighted by molar-refractivity contribution is 0.168. The van der Waals surface area contributed by atoms with Crippen molar-refractivity contribution >= 4 is 34.3 Å². The number of nitrogens with zero attached hydrogens (tertiary/aromatic N) is 2. The number of nitriles is 1. The average Bonchev–Trinajstić information content (AvgIpc) is 3.05. The molecule has 0 unspecified atom stereocenters. The van der Waals surface area contributed by atoms with Crippen LogP contribution >= 0.6 is 11.6 Å². The summed E-state index contributed by atoms with van der Waals surface area (Å²) in [5.74, 6) is 1.02. The monoisotopic (exact) mass is 425 g/mol.